The van der Waals surface area contributed by atoms with Crippen molar-refractivity contribution in [3.63, 3.8) is 0 Å². The molecule has 2 aliphatic rings. The number of hydrogen-bond acceptors (Lipinski definition) is 2. The van der Waals surface area contributed by atoms with Crippen LogP contribution in [0.4, 0.5) is 10.1 Å². The van der Waals surface area contributed by atoms with E-state index in [-0.39, 0.29) is 5.82 Å². The van der Waals surface area contributed by atoms with E-state index in [2.05, 4.69) is 16.7 Å². The van der Waals surface area contributed by atoms with E-state index in [0.717, 1.165) is 18.8 Å². The average molecular weight is 248 g/mol. The quantitative estimate of drug-likeness (QED) is 0.754. The third kappa shape index (κ3) is 2.12. The molecule has 3 rings (SSSR count). The van der Waals surface area contributed by atoms with Crippen molar-refractivity contribution in [1.29, 1.82) is 0 Å². The van der Waals surface area contributed by atoms with Crippen LogP contribution < -0.4 is 4.90 Å². The summed E-state index contributed by atoms with van der Waals surface area (Å²) in [5.74, 6) is -0.0893. The van der Waals surface area contributed by atoms with E-state index in [0.29, 0.717) is 12.1 Å². The van der Waals surface area contributed by atoms with Crippen molar-refractivity contribution in [3.05, 3.63) is 30.1 Å². The second-order valence-corrected chi connectivity index (χ2v) is 5.60. The summed E-state index contributed by atoms with van der Waals surface area (Å²) in [7, 11) is 0. The summed E-state index contributed by atoms with van der Waals surface area (Å²) < 4.78 is 13.9. The molecule has 2 nitrogen and oxygen atoms in total. The van der Waals surface area contributed by atoms with Crippen molar-refractivity contribution >= 4 is 5.69 Å². The highest BCUT2D eigenvalue weighted by atomic mass is 19.1. The molecule has 1 aromatic rings. The van der Waals surface area contributed by atoms with Gasteiger partial charge < -0.3 is 4.90 Å². The van der Waals surface area contributed by atoms with Crippen LogP contribution in [0.15, 0.2) is 24.3 Å². The van der Waals surface area contributed by atoms with Gasteiger partial charge in [-0.1, -0.05) is 18.6 Å². The first-order valence-electron chi connectivity index (χ1n) is 7.01. The Hall–Kier alpha value is -1.09. The third-order valence-corrected chi connectivity index (χ3v) is 4.35. The van der Waals surface area contributed by atoms with Crippen molar-refractivity contribution in [2.24, 2.45) is 0 Å². The maximum atomic E-state index is 13.9. The Bertz CT molecular complexity index is 421. The number of piperazine rings is 1. The predicted molar refractivity (Wildman–Crippen MR) is 72.4 cm³/mol. The number of halogens is 1. The SMILES string of the molecule is CC1CN2CCCCC2CN1c1ccccc1F. The second-order valence-electron chi connectivity index (χ2n) is 5.60. The molecule has 98 valence electrons. The Morgan fingerprint density at radius 3 is 2.83 bits per heavy atom. The molecule has 3 heteroatoms. The number of rotatable bonds is 1. The van der Waals surface area contributed by atoms with Crippen LogP contribution in [0.2, 0.25) is 0 Å². The molecule has 0 radical (unpaired) electrons. The minimum Gasteiger partial charge on any atom is -0.364 e. The van der Waals surface area contributed by atoms with Crippen LogP contribution in [-0.2, 0) is 0 Å². The average Bonchev–Trinajstić information content (AvgIpc) is 2.39. The lowest BCUT2D eigenvalue weighted by molar-refractivity contribution is 0.115. The van der Waals surface area contributed by atoms with Crippen molar-refractivity contribution in [2.45, 2.75) is 38.3 Å². The Labute approximate surface area is 108 Å². The minimum atomic E-state index is -0.0893. The summed E-state index contributed by atoms with van der Waals surface area (Å²) >= 11 is 0. The van der Waals surface area contributed by atoms with Crippen molar-refractivity contribution < 1.29 is 4.39 Å². The van der Waals surface area contributed by atoms with Crippen LogP contribution in [0, 0.1) is 5.82 Å². The van der Waals surface area contributed by atoms with E-state index in [4.69, 9.17) is 0 Å². The van der Waals surface area contributed by atoms with Crippen molar-refractivity contribution in [1.82, 2.24) is 4.90 Å². The van der Waals surface area contributed by atoms with Crippen LogP contribution in [0.3, 0.4) is 0 Å². The highest BCUT2D eigenvalue weighted by Crippen LogP contribution is 2.29. The van der Waals surface area contributed by atoms with Gasteiger partial charge in [0.05, 0.1) is 5.69 Å². The first kappa shape index (κ1) is 12.0. The second kappa shape index (κ2) is 4.88. The van der Waals surface area contributed by atoms with E-state index in [1.807, 2.05) is 12.1 Å². The summed E-state index contributed by atoms with van der Waals surface area (Å²) in [4.78, 5) is 4.84. The molecule has 0 N–H and O–H groups in total. The molecule has 2 saturated heterocycles. The van der Waals surface area contributed by atoms with Gasteiger partial charge >= 0.3 is 0 Å². The molecular formula is C15H21FN2. The lowest BCUT2D eigenvalue weighted by Crippen LogP contribution is -2.59. The Morgan fingerprint density at radius 2 is 2.00 bits per heavy atom. The van der Waals surface area contributed by atoms with E-state index in [9.17, 15) is 4.39 Å². The molecule has 18 heavy (non-hydrogen) atoms. The molecule has 2 atom stereocenters. The topological polar surface area (TPSA) is 6.48 Å². The molecule has 0 saturated carbocycles. The van der Waals surface area contributed by atoms with Gasteiger partial charge in [0, 0.05) is 25.2 Å². The Morgan fingerprint density at radius 1 is 1.17 bits per heavy atom. The monoisotopic (exact) mass is 248 g/mol. The zero-order valence-electron chi connectivity index (χ0n) is 11.0. The number of para-hydroxylation sites is 1. The van der Waals surface area contributed by atoms with Gasteiger partial charge in [-0.3, -0.25) is 4.90 Å². The van der Waals surface area contributed by atoms with Crippen LogP contribution in [0.5, 0.6) is 0 Å². The first-order chi connectivity index (χ1) is 8.75. The minimum absolute atomic E-state index is 0.0893. The van der Waals surface area contributed by atoms with Crippen LogP contribution in [-0.4, -0.2) is 36.6 Å². The molecule has 0 spiro atoms. The standard InChI is InChI=1S/C15H21FN2/c1-12-10-17-9-5-4-6-13(17)11-18(12)15-8-3-2-7-14(15)16/h2-3,7-8,12-13H,4-6,9-11H2,1H3. The number of piperidine rings is 1. The van der Waals surface area contributed by atoms with Gasteiger partial charge in [0.1, 0.15) is 5.82 Å². The summed E-state index contributed by atoms with van der Waals surface area (Å²) in [5, 5.41) is 0. The molecule has 2 aliphatic heterocycles. The highest BCUT2D eigenvalue weighted by molar-refractivity contribution is 5.49. The smallest absolute Gasteiger partial charge is 0.146 e. The van der Waals surface area contributed by atoms with Gasteiger partial charge in [0.25, 0.3) is 0 Å². The number of anilines is 1. The summed E-state index contributed by atoms with van der Waals surface area (Å²) in [6, 6.07) is 8.18. The zero-order chi connectivity index (χ0) is 12.5. The van der Waals surface area contributed by atoms with Gasteiger partial charge in [-0.05, 0) is 38.4 Å². The lowest BCUT2D eigenvalue weighted by Gasteiger charge is -2.48. The van der Waals surface area contributed by atoms with E-state index < -0.39 is 0 Å². The Balaban J connectivity index is 1.82. The van der Waals surface area contributed by atoms with Gasteiger partial charge in [-0.15, -0.1) is 0 Å². The number of nitrogens with zero attached hydrogens (tertiary/aromatic N) is 2. The maximum absolute atomic E-state index is 13.9. The normalized spacial score (nSPS) is 29.1. The third-order valence-electron chi connectivity index (χ3n) is 4.35. The fourth-order valence-corrected chi connectivity index (χ4v) is 3.37. The van der Waals surface area contributed by atoms with E-state index in [1.54, 1.807) is 12.1 Å². The molecule has 1 aromatic carbocycles. The molecule has 0 aromatic heterocycles. The lowest BCUT2D eigenvalue weighted by atomic mass is 9.96. The highest BCUT2D eigenvalue weighted by Gasteiger charge is 2.33. The van der Waals surface area contributed by atoms with Gasteiger partial charge in [-0.2, -0.15) is 0 Å². The molecule has 0 aliphatic carbocycles. The van der Waals surface area contributed by atoms with Gasteiger partial charge in [0.15, 0.2) is 0 Å². The first-order valence-corrected chi connectivity index (χ1v) is 7.01. The molecule has 2 fully saturated rings. The largest absolute Gasteiger partial charge is 0.364 e. The van der Waals surface area contributed by atoms with Crippen molar-refractivity contribution in [2.75, 3.05) is 24.5 Å². The van der Waals surface area contributed by atoms with Crippen LogP contribution >= 0.6 is 0 Å². The Kier molecular flexibility index (Phi) is 3.25. The van der Waals surface area contributed by atoms with Crippen LogP contribution in [0.1, 0.15) is 26.2 Å². The maximum Gasteiger partial charge on any atom is 0.146 e. The predicted octanol–water partition coefficient (Wildman–Crippen LogP) is 2.89. The fourth-order valence-electron chi connectivity index (χ4n) is 3.37. The van der Waals surface area contributed by atoms with E-state index in [1.165, 1.54) is 25.8 Å². The van der Waals surface area contributed by atoms with Gasteiger partial charge in [-0.25, -0.2) is 4.39 Å². The van der Waals surface area contributed by atoms with E-state index >= 15 is 0 Å². The zero-order valence-corrected chi connectivity index (χ0v) is 11.0. The van der Waals surface area contributed by atoms with Crippen LogP contribution in [0.25, 0.3) is 0 Å². The summed E-state index contributed by atoms with van der Waals surface area (Å²) in [6.45, 7) is 5.47. The molecule has 2 heterocycles. The van der Waals surface area contributed by atoms with Gasteiger partial charge in [0.2, 0.25) is 0 Å². The molecule has 0 amide bonds. The number of fused-ring (bicyclic) bond motifs is 1. The number of hydrogen-bond donors (Lipinski definition) is 0. The summed E-state index contributed by atoms with van der Waals surface area (Å²) in [5.41, 5.74) is 0.773. The molecule has 0 bridgehead atoms. The molecule has 2 unspecified atom stereocenters. The van der Waals surface area contributed by atoms with Crippen molar-refractivity contribution in [3.8, 4) is 0 Å². The molecular weight excluding hydrogens is 227 g/mol. The fraction of sp³-hybridized carbons (Fsp3) is 0.600. The number of benzene rings is 1. The summed E-state index contributed by atoms with van der Waals surface area (Å²) in [6.07, 6.45) is 3.90.